The Balaban J connectivity index is 2.24. The zero-order valence-corrected chi connectivity index (χ0v) is 12.3. The first kappa shape index (κ1) is 13.7. The van der Waals surface area contributed by atoms with E-state index >= 15 is 0 Å². The van der Waals surface area contributed by atoms with Crippen molar-refractivity contribution in [3.05, 3.63) is 23.8 Å². The molecule has 0 unspecified atom stereocenters. The highest BCUT2D eigenvalue weighted by molar-refractivity contribution is 5.96. The van der Waals surface area contributed by atoms with E-state index in [2.05, 4.69) is 38.3 Å². The smallest absolute Gasteiger partial charge is 0.251 e. The highest BCUT2D eigenvalue weighted by Crippen LogP contribution is 2.63. The molecule has 1 amide bonds. The molecule has 4 heteroatoms. The van der Waals surface area contributed by atoms with E-state index in [9.17, 15) is 4.79 Å². The fourth-order valence-corrected chi connectivity index (χ4v) is 2.68. The van der Waals surface area contributed by atoms with E-state index in [0.717, 1.165) is 5.69 Å². The van der Waals surface area contributed by atoms with Crippen molar-refractivity contribution in [1.82, 2.24) is 5.32 Å². The lowest BCUT2D eigenvalue weighted by Gasteiger charge is -2.12. The van der Waals surface area contributed by atoms with Gasteiger partial charge in [-0.15, -0.1) is 0 Å². The van der Waals surface area contributed by atoms with Gasteiger partial charge in [0.25, 0.3) is 5.91 Å². The molecular formula is C15H23N3O. The number of carbonyl (C=O) groups excluding carboxylic acids is 1. The van der Waals surface area contributed by atoms with Gasteiger partial charge in [0, 0.05) is 18.7 Å². The van der Waals surface area contributed by atoms with Crippen LogP contribution in [-0.4, -0.2) is 19.0 Å². The number of nitrogen functional groups attached to an aromatic ring is 1. The standard InChI is InChI=1S/C15H23N3O/c1-14(2)13(15(14,3)4)18-11-8-9(12(19)17-5)6-7-10(11)16/h6-8,13,18H,16H2,1-5H3,(H,17,19). The lowest BCUT2D eigenvalue weighted by atomic mass is 10.0. The zero-order valence-electron chi connectivity index (χ0n) is 12.3. The quantitative estimate of drug-likeness (QED) is 0.732. The van der Waals surface area contributed by atoms with E-state index in [-0.39, 0.29) is 16.7 Å². The summed E-state index contributed by atoms with van der Waals surface area (Å²) in [6.07, 6.45) is 0. The molecule has 0 aromatic heterocycles. The third kappa shape index (κ3) is 2.05. The maximum Gasteiger partial charge on any atom is 0.251 e. The van der Waals surface area contributed by atoms with Crippen LogP contribution >= 0.6 is 0 Å². The van der Waals surface area contributed by atoms with Crippen LogP contribution in [0.2, 0.25) is 0 Å². The van der Waals surface area contributed by atoms with Crippen molar-refractivity contribution in [2.24, 2.45) is 10.8 Å². The predicted molar refractivity (Wildman–Crippen MR) is 79.2 cm³/mol. The SMILES string of the molecule is CNC(=O)c1ccc(N)c(NC2C(C)(C)C2(C)C)c1. The molecule has 19 heavy (non-hydrogen) atoms. The second-order valence-corrected chi connectivity index (χ2v) is 6.40. The molecule has 0 spiro atoms. The van der Waals surface area contributed by atoms with Gasteiger partial charge in [-0.3, -0.25) is 4.79 Å². The Morgan fingerprint density at radius 1 is 1.21 bits per heavy atom. The molecule has 0 atom stereocenters. The Morgan fingerprint density at radius 2 is 1.79 bits per heavy atom. The first-order valence-electron chi connectivity index (χ1n) is 6.60. The van der Waals surface area contributed by atoms with Crippen LogP contribution in [0.3, 0.4) is 0 Å². The summed E-state index contributed by atoms with van der Waals surface area (Å²) in [4.78, 5) is 11.7. The summed E-state index contributed by atoms with van der Waals surface area (Å²) in [5.74, 6) is -0.0997. The number of anilines is 2. The molecule has 0 saturated heterocycles. The Kier molecular flexibility index (Phi) is 3.00. The van der Waals surface area contributed by atoms with Crippen molar-refractivity contribution in [1.29, 1.82) is 0 Å². The van der Waals surface area contributed by atoms with E-state index in [1.54, 1.807) is 19.2 Å². The summed E-state index contributed by atoms with van der Waals surface area (Å²) in [5, 5.41) is 6.10. The Bertz CT molecular complexity index is 506. The average molecular weight is 261 g/mol. The summed E-state index contributed by atoms with van der Waals surface area (Å²) < 4.78 is 0. The Morgan fingerprint density at radius 3 is 2.26 bits per heavy atom. The lowest BCUT2D eigenvalue weighted by molar-refractivity contribution is 0.0963. The summed E-state index contributed by atoms with van der Waals surface area (Å²) >= 11 is 0. The van der Waals surface area contributed by atoms with Crippen LogP contribution in [0.5, 0.6) is 0 Å². The minimum atomic E-state index is -0.0997. The number of amides is 1. The van der Waals surface area contributed by atoms with Gasteiger partial charge in [0.1, 0.15) is 0 Å². The minimum Gasteiger partial charge on any atom is -0.397 e. The summed E-state index contributed by atoms with van der Waals surface area (Å²) in [5.41, 5.74) is 8.57. The number of nitrogens with one attached hydrogen (secondary N) is 2. The minimum absolute atomic E-state index is 0.0997. The fraction of sp³-hybridized carbons (Fsp3) is 0.533. The molecule has 1 fully saturated rings. The Hall–Kier alpha value is -1.71. The summed E-state index contributed by atoms with van der Waals surface area (Å²) in [7, 11) is 1.62. The van der Waals surface area contributed by atoms with Crippen LogP contribution in [-0.2, 0) is 0 Å². The third-order valence-electron chi connectivity index (χ3n) is 4.86. The largest absolute Gasteiger partial charge is 0.397 e. The van der Waals surface area contributed by atoms with E-state index in [4.69, 9.17) is 5.73 Å². The normalized spacial score (nSPS) is 19.8. The van der Waals surface area contributed by atoms with Gasteiger partial charge in [0.2, 0.25) is 0 Å². The second-order valence-electron chi connectivity index (χ2n) is 6.40. The van der Waals surface area contributed by atoms with Gasteiger partial charge >= 0.3 is 0 Å². The molecule has 1 aromatic carbocycles. The first-order chi connectivity index (χ1) is 8.71. The van der Waals surface area contributed by atoms with Crippen molar-refractivity contribution in [2.75, 3.05) is 18.1 Å². The van der Waals surface area contributed by atoms with Crippen LogP contribution in [0.4, 0.5) is 11.4 Å². The molecule has 1 aliphatic rings. The number of nitrogens with two attached hydrogens (primary N) is 1. The average Bonchev–Trinajstić information content (AvgIpc) is 2.73. The van der Waals surface area contributed by atoms with E-state index in [1.165, 1.54) is 0 Å². The van der Waals surface area contributed by atoms with Gasteiger partial charge < -0.3 is 16.4 Å². The number of rotatable bonds is 3. The maximum atomic E-state index is 11.7. The van der Waals surface area contributed by atoms with Gasteiger partial charge in [-0.1, -0.05) is 27.7 Å². The number of hydrogen-bond acceptors (Lipinski definition) is 3. The maximum absolute atomic E-state index is 11.7. The van der Waals surface area contributed by atoms with Crippen molar-refractivity contribution < 1.29 is 4.79 Å². The molecule has 0 bridgehead atoms. The molecule has 1 saturated carbocycles. The molecule has 1 aromatic rings. The lowest BCUT2D eigenvalue weighted by Crippen LogP contribution is -2.19. The van der Waals surface area contributed by atoms with Crippen LogP contribution in [0.25, 0.3) is 0 Å². The number of hydrogen-bond donors (Lipinski definition) is 3. The van der Waals surface area contributed by atoms with E-state index in [0.29, 0.717) is 17.3 Å². The van der Waals surface area contributed by atoms with E-state index in [1.807, 2.05) is 6.07 Å². The molecule has 0 aliphatic heterocycles. The number of carbonyl (C=O) groups is 1. The summed E-state index contributed by atoms with van der Waals surface area (Å²) in [6, 6.07) is 5.69. The molecular weight excluding hydrogens is 238 g/mol. The monoisotopic (exact) mass is 261 g/mol. The predicted octanol–water partition coefficient (Wildman–Crippen LogP) is 2.47. The van der Waals surface area contributed by atoms with Crippen LogP contribution in [0.1, 0.15) is 38.1 Å². The van der Waals surface area contributed by atoms with Gasteiger partial charge in [-0.05, 0) is 29.0 Å². The molecule has 2 rings (SSSR count). The molecule has 1 aliphatic carbocycles. The van der Waals surface area contributed by atoms with Crippen molar-refractivity contribution >= 4 is 17.3 Å². The van der Waals surface area contributed by atoms with Gasteiger partial charge in [-0.25, -0.2) is 0 Å². The summed E-state index contributed by atoms with van der Waals surface area (Å²) in [6.45, 7) is 8.96. The second kappa shape index (κ2) is 4.15. The fourth-order valence-electron chi connectivity index (χ4n) is 2.68. The van der Waals surface area contributed by atoms with Crippen molar-refractivity contribution in [3.63, 3.8) is 0 Å². The molecule has 104 valence electrons. The first-order valence-corrected chi connectivity index (χ1v) is 6.60. The molecule has 0 radical (unpaired) electrons. The molecule has 0 heterocycles. The van der Waals surface area contributed by atoms with E-state index < -0.39 is 0 Å². The van der Waals surface area contributed by atoms with Gasteiger partial charge in [0.15, 0.2) is 0 Å². The molecule has 4 nitrogen and oxygen atoms in total. The highest BCUT2D eigenvalue weighted by Gasteiger charge is 2.65. The zero-order chi connectivity index (χ0) is 14.4. The van der Waals surface area contributed by atoms with Crippen LogP contribution in [0.15, 0.2) is 18.2 Å². The third-order valence-corrected chi connectivity index (χ3v) is 4.86. The van der Waals surface area contributed by atoms with Crippen LogP contribution in [0, 0.1) is 10.8 Å². The molecule has 4 N–H and O–H groups in total. The topological polar surface area (TPSA) is 67.2 Å². The number of benzene rings is 1. The van der Waals surface area contributed by atoms with Crippen molar-refractivity contribution in [2.45, 2.75) is 33.7 Å². The van der Waals surface area contributed by atoms with Crippen LogP contribution < -0.4 is 16.4 Å². The van der Waals surface area contributed by atoms with Gasteiger partial charge in [-0.2, -0.15) is 0 Å². The van der Waals surface area contributed by atoms with Gasteiger partial charge in [0.05, 0.1) is 11.4 Å². The Labute approximate surface area is 114 Å². The highest BCUT2D eigenvalue weighted by atomic mass is 16.1. The van der Waals surface area contributed by atoms with Crippen molar-refractivity contribution in [3.8, 4) is 0 Å².